The first kappa shape index (κ1) is 37.3. The maximum absolute atomic E-state index is 14.1. The topological polar surface area (TPSA) is 80.9 Å². The molecule has 0 amide bonds. The van der Waals surface area contributed by atoms with E-state index in [1.165, 1.54) is 18.2 Å². The molecule has 0 unspecified atom stereocenters. The van der Waals surface area contributed by atoms with Gasteiger partial charge in [0, 0.05) is 32.7 Å². The van der Waals surface area contributed by atoms with Crippen molar-refractivity contribution in [2.75, 3.05) is 0 Å². The first-order chi connectivity index (χ1) is 22.1. The van der Waals surface area contributed by atoms with Gasteiger partial charge in [0.1, 0.15) is 23.1 Å². The standard InChI is InChI=1S/C18H12ClFO.C12H9BrO.C6H5BClFO2.CH4/c19-15-10-5-11-16(20)17(15)14-9-4-8-13(18(14)21)12-6-2-1-3-7-12;13-11-8-4-7-10(12(11)14)9-5-2-1-3-6-9;8-4-2-1-3-5(9)6(4)7(10)11;/h1-11,21H;1-8,14H;1-3,10-11H;1H4. The summed E-state index contributed by atoms with van der Waals surface area (Å²) in [6.45, 7) is 0. The molecule has 0 aliphatic rings. The van der Waals surface area contributed by atoms with Crippen molar-refractivity contribution in [3.63, 3.8) is 0 Å². The fourth-order valence-electron chi connectivity index (χ4n) is 4.47. The molecule has 0 aliphatic carbocycles. The molecule has 0 spiro atoms. The number of aromatic hydroxyl groups is 2. The van der Waals surface area contributed by atoms with Crippen LogP contribution in [0.2, 0.25) is 10.0 Å². The van der Waals surface area contributed by atoms with Crippen molar-refractivity contribution in [3.05, 3.63) is 160 Å². The lowest BCUT2D eigenvalue weighted by Gasteiger charge is -2.12. The number of phenolic OH excluding ortho intramolecular Hbond substituents is 2. The molecule has 0 saturated carbocycles. The normalized spacial score (nSPS) is 10.0. The Morgan fingerprint density at radius 2 is 0.957 bits per heavy atom. The Morgan fingerprint density at radius 3 is 1.45 bits per heavy atom. The van der Waals surface area contributed by atoms with E-state index < -0.39 is 18.8 Å². The number of para-hydroxylation sites is 2. The first-order valence-electron chi connectivity index (χ1n) is 13.7. The summed E-state index contributed by atoms with van der Waals surface area (Å²) < 4.78 is 27.5. The Bertz CT molecular complexity index is 1870. The number of hydrogen-bond acceptors (Lipinski definition) is 4. The first-order valence-corrected chi connectivity index (χ1v) is 15.3. The van der Waals surface area contributed by atoms with Gasteiger partial charge < -0.3 is 20.3 Å². The van der Waals surface area contributed by atoms with Crippen LogP contribution in [0.25, 0.3) is 33.4 Å². The van der Waals surface area contributed by atoms with Gasteiger partial charge in [-0.15, -0.1) is 0 Å². The van der Waals surface area contributed by atoms with Crippen LogP contribution in [0.15, 0.2) is 138 Å². The third-order valence-electron chi connectivity index (χ3n) is 6.68. The molecule has 240 valence electrons. The molecule has 4 nitrogen and oxygen atoms in total. The molecular weight excluding hydrogens is 708 g/mol. The summed E-state index contributed by atoms with van der Waals surface area (Å²) in [6.07, 6.45) is 0. The van der Waals surface area contributed by atoms with E-state index in [0.29, 0.717) is 16.9 Å². The van der Waals surface area contributed by atoms with Gasteiger partial charge in [-0.25, -0.2) is 8.78 Å². The number of phenols is 2. The summed E-state index contributed by atoms with van der Waals surface area (Å²) in [5, 5.41) is 37.8. The molecule has 47 heavy (non-hydrogen) atoms. The zero-order valence-corrected chi connectivity index (χ0v) is 27.1. The van der Waals surface area contributed by atoms with E-state index in [4.69, 9.17) is 33.2 Å². The smallest absolute Gasteiger partial charge is 0.492 e. The highest BCUT2D eigenvalue weighted by atomic mass is 79.9. The van der Waals surface area contributed by atoms with Crippen LogP contribution in [0, 0.1) is 11.6 Å². The van der Waals surface area contributed by atoms with Gasteiger partial charge in [-0.3, -0.25) is 0 Å². The molecular formula is C37H30BBrCl2F2O4. The van der Waals surface area contributed by atoms with Crippen LogP contribution in [-0.4, -0.2) is 27.4 Å². The van der Waals surface area contributed by atoms with Crippen LogP contribution in [-0.2, 0) is 0 Å². The third kappa shape index (κ3) is 9.44. The second-order valence-electron chi connectivity index (χ2n) is 9.68. The summed E-state index contributed by atoms with van der Waals surface area (Å²) in [7, 11) is -1.86. The van der Waals surface area contributed by atoms with Gasteiger partial charge in [0.05, 0.1) is 9.50 Å². The largest absolute Gasteiger partial charge is 0.507 e. The minimum absolute atomic E-state index is 0. The molecule has 6 rings (SSSR count). The predicted octanol–water partition coefficient (Wildman–Crippen LogP) is 10.1. The van der Waals surface area contributed by atoms with Crippen LogP contribution in [0.4, 0.5) is 8.78 Å². The van der Waals surface area contributed by atoms with Crippen molar-refractivity contribution in [1.82, 2.24) is 0 Å². The van der Waals surface area contributed by atoms with Crippen LogP contribution in [0.5, 0.6) is 11.5 Å². The molecule has 0 saturated heterocycles. The number of hydrogen-bond donors (Lipinski definition) is 4. The van der Waals surface area contributed by atoms with E-state index in [1.807, 2.05) is 78.9 Å². The maximum atomic E-state index is 14.1. The lowest BCUT2D eigenvalue weighted by molar-refractivity contribution is 0.423. The van der Waals surface area contributed by atoms with Crippen molar-refractivity contribution in [2.45, 2.75) is 7.43 Å². The summed E-state index contributed by atoms with van der Waals surface area (Å²) in [6, 6.07) is 38.5. The van der Waals surface area contributed by atoms with Crippen molar-refractivity contribution < 1.29 is 29.0 Å². The highest BCUT2D eigenvalue weighted by molar-refractivity contribution is 9.10. The van der Waals surface area contributed by atoms with E-state index >= 15 is 0 Å². The SMILES string of the molecule is C.OB(O)c1c(F)cccc1Cl.Oc1c(-c2ccccc2)cccc1-c1c(F)cccc1Cl.Oc1c(Br)cccc1-c1ccccc1. The lowest BCUT2D eigenvalue weighted by Crippen LogP contribution is -2.33. The highest BCUT2D eigenvalue weighted by Gasteiger charge is 2.19. The molecule has 0 radical (unpaired) electrons. The van der Waals surface area contributed by atoms with E-state index in [2.05, 4.69) is 15.9 Å². The molecule has 0 fully saturated rings. The van der Waals surface area contributed by atoms with E-state index in [-0.39, 0.29) is 34.2 Å². The van der Waals surface area contributed by atoms with E-state index in [1.54, 1.807) is 30.3 Å². The van der Waals surface area contributed by atoms with Crippen molar-refractivity contribution in [3.8, 4) is 44.9 Å². The van der Waals surface area contributed by atoms with Gasteiger partial charge >= 0.3 is 7.12 Å². The molecule has 0 heterocycles. The average Bonchev–Trinajstić information content (AvgIpc) is 3.04. The Balaban J connectivity index is 0.000000201. The monoisotopic (exact) mass is 736 g/mol. The molecule has 0 bridgehead atoms. The van der Waals surface area contributed by atoms with E-state index in [0.717, 1.165) is 27.2 Å². The molecule has 4 N–H and O–H groups in total. The van der Waals surface area contributed by atoms with Crippen molar-refractivity contribution >= 4 is 51.7 Å². The molecule has 10 heteroatoms. The van der Waals surface area contributed by atoms with Gasteiger partial charge in [-0.2, -0.15) is 0 Å². The maximum Gasteiger partial charge on any atom is 0.492 e. The van der Waals surface area contributed by atoms with Crippen LogP contribution >= 0.6 is 39.1 Å². The fraction of sp³-hybridized carbons (Fsp3) is 0.0270. The number of rotatable bonds is 4. The van der Waals surface area contributed by atoms with E-state index in [9.17, 15) is 19.0 Å². The zero-order valence-electron chi connectivity index (χ0n) is 24.0. The fourth-order valence-corrected chi connectivity index (χ4v) is 5.37. The van der Waals surface area contributed by atoms with Crippen LogP contribution in [0.1, 0.15) is 7.43 Å². The van der Waals surface area contributed by atoms with Gasteiger partial charge in [-0.1, -0.05) is 134 Å². The average molecular weight is 738 g/mol. The Morgan fingerprint density at radius 1 is 0.511 bits per heavy atom. The Hall–Kier alpha value is -4.18. The predicted molar refractivity (Wildman–Crippen MR) is 193 cm³/mol. The summed E-state index contributed by atoms with van der Waals surface area (Å²) in [4.78, 5) is 0. The minimum atomic E-state index is -1.86. The van der Waals surface area contributed by atoms with Crippen LogP contribution < -0.4 is 5.46 Å². The Kier molecular flexibility index (Phi) is 14.0. The second-order valence-corrected chi connectivity index (χ2v) is 11.3. The molecule has 6 aromatic rings. The molecule has 6 aromatic carbocycles. The molecule has 0 aromatic heterocycles. The quantitative estimate of drug-likeness (QED) is 0.136. The van der Waals surface area contributed by atoms with Gasteiger partial charge in [0.2, 0.25) is 0 Å². The molecule has 0 aliphatic heterocycles. The third-order valence-corrected chi connectivity index (χ3v) is 7.97. The van der Waals surface area contributed by atoms with Crippen molar-refractivity contribution in [2.24, 2.45) is 0 Å². The summed E-state index contributed by atoms with van der Waals surface area (Å²) in [5.74, 6) is -0.857. The molecule has 0 atom stereocenters. The van der Waals surface area contributed by atoms with Gasteiger partial charge in [-0.05, 0) is 57.4 Å². The number of benzene rings is 6. The van der Waals surface area contributed by atoms with Gasteiger partial charge in [0.25, 0.3) is 0 Å². The highest BCUT2D eigenvalue weighted by Crippen LogP contribution is 2.41. The number of halogens is 5. The van der Waals surface area contributed by atoms with Gasteiger partial charge in [0.15, 0.2) is 0 Å². The Labute approximate surface area is 291 Å². The summed E-state index contributed by atoms with van der Waals surface area (Å²) in [5.41, 5.74) is 3.70. The minimum Gasteiger partial charge on any atom is -0.507 e. The van der Waals surface area contributed by atoms with Crippen molar-refractivity contribution in [1.29, 1.82) is 0 Å². The lowest BCUT2D eigenvalue weighted by atomic mass is 9.80. The summed E-state index contributed by atoms with van der Waals surface area (Å²) >= 11 is 14.8. The van der Waals surface area contributed by atoms with Crippen LogP contribution in [0.3, 0.4) is 0 Å². The zero-order chi connectivity index (χ0) is 33.2. The second kappa shape index (κ2) is 17.7.